The van der Waals surface area contributed by atoms with Gasteiger partial charge in [-0.3, -0.25) is 0 Å². The van der Waals surface area contributed by atoms with Gasteiger partial charge >= 0.3 is 0 Å². The molecule has 1 aromatic heterocycles. The van der Waals surface area contributed by atoms with E-state index >= 15 is 0 Å². The Morgan fingerprint density at radius 2 is 2.14 bits per heavy atom. The fraction of sp³-hybridized carbons (Fsp3) is 0.308. The first kappa shape index (κ1) is 15.5. The molecule has 2 aromatic rings. The fourth-order valence-corrected chi connectivity index (χ4v) is 2.87. The summed E-state index contributed by atoms with van der Waals surface area (Å²) in [4.78, 5) is 0.125. The normalized spacial score (nSPS) is 11.6. The molecule has 21 heavy (non-hydrogen) atoms. The summed E-state index contributed by atoms with van der Waals surface area (Å²) in [5.74, 6) is 1.01. The van der Waals surface area contributed by atoms with E-state index in [-0.39, 0.29) is 18.0 Å². The van der Waals surface area contributed by atoms with Crippen molar-refractivity contribution in [2.45, 2.75) is 24.9 Å². The molecule has 0 saturated carbocycles. The van der Waals surface area contributed by atoms with Crippen molar-refractivity contribution < 1.29 is 17.7 Å². The zero-order valence-corrected chi connectivity index (χ0v) is 12.6. The van der Waals surface area contributed by atoms with E-state index in [9.17, 15) is 8.42 Å². The van der Waals surface area contributed by atoms with E-state index in [0.717, 1.165) is 0 Å². The zero-order chi connectivity index (χ0) is 15.5. The second kappa shape index (κ2) is 6.25. The number of nitrogens with one attached hydrogen (secondary N) is 1. The van der Waals surface area contributed by atoms with Gasteiger partial charge in [0.25, 0.3) is 0 Å². The van der Waals surface area contributed by atoms with Crippen molar-refractivity contribution in [2.75, 3.05) is 7.11 Å². The van der Waals surface area contributed by atoms with Crippen molar-refractivity contribution in [3.63, 3.8) is 0 Å². The van der Waals surface area contributed by atoms with Crippen molar-refractivity contribution in [2.24, 2.45) is 5.73 Å². The van der Waals surface area contributed by atoms with Gasteiger partial charge in [0.05, 0.1) is 24.2 Å². The van der Waals surface area contributed by atoms with E-state index < -0.39 is 10.0 Å². The molecule has 0 unspecified atom stereocenters. The van der Waals surface area contributed by atoms with Gasteiger partial charge in [0.15, 0.2) is 5.76 Å². The van der Waals surface area contributed by atoms with Crippen LogP contribution in [0.4, 0.5) is 0 Å². The average Bonchev–Trinajstić information content (AvgIpc) is 2.90. The van der Waals surface area contributed by atoms with Crippen LogP contribution in [0.25, 0.3) is 0 Å². The number of hydrogen-bond donors (Lipinski definition) is 2. The minimum Gasteiger partial charge on any atom is -0.496 e. The molecule has 0 fully saturated rings. The third-order valence-electron chi connectivity index (χ3n) is 2.90. The number of rotatable bonds is 6. The minimum absolute atomic E-state index is 0.0349. The van der Waals surface area contributed by atoms with E-state index in [1.54, 1.807) is 19.1 Å². The van der Waals surface area contributed by atoms with Crippen LogP contribution in [-0.4, -0.2) is 20.7 Å². The summed E-state index contributed by atoms with van der Waals surface area (Å²) in [6.45, 7) is 1.99. The summed E-state index contributed by atoms with van der Waals surface area (Å²) >= 11 is 0. The van der Waals surface area contributed by atoms with Crippen molar-refractivity contribution in [3.8, 4) is 5.75 Å². The Hall–Kier alpha value is -1.90. The maximum atomic E-state index is 12.2. The molecule has 0 aliphatic rings. The van der Waals surface area contributed by atoms with Gasteiger partial charge in [-0.15, -0.1) is 0 Å². The highest BCUT2D eigenvalue weighted by Crippen LogP contribution is 2.22. The van der Waals surface area contributed by atoms with Gasteiger partial charge in [-0.25, -0.2) is 13.1 Å². The lowest BCUT2D eigenvalue weighted by Crippen LogP contribution is -2.23. The fourth-order valence-electron chi connectivity index (χ4n) is 1.83. The number of methoxy groups -OCH3 is 1. The second-order valence-electron chi connectivity index (χ2n) is 4.44. The largest absolute Gasteiger partial charge is 0.496 e. The van der Waals surface area contributed by atoms with Crippen LogP contribution in [0, 0.1) is 6.92 Å². The molecule has 0 aliphatic carbocycles. The maximum Gasteiger partial charge on any atom is 0.240 e. The van der Waals surface area contributed by atoms with Gasteiger partial charge in [0.2, 0.25) is 10.0 Å². The Morgan fingerprint density at radius 3 is 2.71 bits per heavy atom. The van der Waals surface area contributed by atoms with E-state index in [1.165, 1.54) is 19.2 Å². The summed E-state index contributed by atoms with van der Waals surface area (Å²) in [6, 6.07) is 6.20. The molecule has 1 aromatic carbocycles. The molecule has 7 nitrogen and oxygen atoms in total. The Labute approximate surface area is 123 Å². The van der Waals surface area contributed by atoms with Gasteiger partial charge in [0.1, 0.15) is 5.75 Å². The van der Waals surface area contributed by atoms with E-state index in [1.807, 2.05) is 0 Å². The highest BCUT2D eigenvalue weighted by Gasteiger charge is 2.16. The number of nitrogens with zero attached hydrogens (tertiary/aromatic N) is 1. The Bertz CT molecular complexity index is 725. The maximum absolute atomic E-state index is 12.2. The SMILES string of the molecule is COc1ccc(S(=O)(=O)NCc2cc(C)no2)cc1CN. The Morgan fingerprint density at radius 1 is 1.38 bits per heavy atom. The van der Waals surface area contributed by atoms with Crippen LogP contribution >= 0.6 is 0 Å². The van der Waals surface area contributed by atoms with Crippen LogP contribution in [0.2, 0.25) is 0 Å². The van der Waals surface area contributed by atoms with Crippen molar-refractivity contribution in [1.29, 1.82) is 0 Å². The molecular formula is C13H17N3O4S. The predicted octanol–water partition coefficient (Wildman–Crippen LogP) is 0.929. The van der Waals surface area contributed by atoms with Crippen LogP contribution in [-0.2, 0) is 23.1 Å². The molecule has 2 rings (SSSR count). The molecule has 0 radical (unpaired) electrons. The molecule has 3 N–H and O–H groups in total. The number of nitrogens with two attached hydrogens (primary N) is 1. The molecular weight excluding hydrogens is 294 g/mol. The average molecular weight is 311 g/mol. The van der Waals surface area contributed by atoms with Crippen molar-refractivity contribution in [1.82, 2.24) is 9.88 Å². The van der Waals surface area contributed by atoms with Crippen LogP contribution in [0.15, 0.2) is 33.7 Å². The number of hydrogen-bond acceptors (Lipinski definition) is 6. The lowest BCUT2D eigenvalue weighted by Gasteiger charge is -2.10. The Kier molecular flexibility index (Phi) is 4.61. The van der Waals surface area contributed by atoms with Gasteiger partial charge in [-0.2, -0.15) is 0 Å². The smallest absolute Gasteiger partial charge is 0.240 e. The van der Waals surface area contributed by atoms with E-state index in [0.29, 0.717) is 22.8 Å². The monoisotopic (exact) mass is 311 g/mol. The topological polar surface area (TPSA) is 107 Å². The first-order valence-electron chi connectivity index (χ1n) is 6.25. The second-order valence-corrected chi connectivity index (χ2v) is 6.20. The molecule has 0 saturated heterocycles. The third kappa shape index (κ3) is 3.60. The summed E-state index contributed by atoms with van der Waals surface area (Å²) in [7, 11) is -2.15. The van der Waals surface area contributed by atoms with Crippen LogP contribution < -0.4 is 15.2 Å². The molecule has 0 bridgehead atoms. The quantitative estimate of drug-likeness (QED) is 0.821. The summed E-state index contributed by atoms with van der Waals surface area (Å²) in [6.07, 6.45) is 0. The van der Waals surface area contributed by atoms with Crippen LogP contribution in [0.5, 0.6) is 5.75 Å². The highest BCUT2D eigenvalue weighted by molar-refractivity contribution is 7.89. The van der Waals surface area contributed by atoms with Gasteiger partial charge in [-0.05, 0) is 25.1 Å². The first-order valence-corrected chi connectivity index (χ1v) is 7.73. The molecule has 8 heteroatoms. The summed E-state index contributed by atoms with van der Waals surface area (Å²) in [5.41, 5.74) is 6.90. The number of ether oxygens (including phenoxy) is 1. The summed E-state index contributed by atoms with van der Waals surface area (Å²) < 4.78 is 37.0. The van der Waals surface area contributed by atoms with E-state index in [2.05, 4.69) is 9.88 Å². The van der Waals surface area contributed by atoms with Crippen LogP contribution in [0.1, 0.15) is 17.0 Å². The molecule has 0 aliphatic heterocycles. The third-order valence-corrected chi connectivity index (χ3v) is 4.29. The number of aryl methyl sites for hydroxylation is 1. The predicted molar refractivity (Wildman–Crippen MR) is 76.2 cm³/mol. The van der Waals surface area contributed by atoms with Crippen molar-refractivity contribution in [3.05, 3.63) is 41.3 Å². The lowest BCUT2D eigenvalue weighted by atomic mass is 10.2. The zero-order valence-electron chi connectivity index (χ0n) is 11.8. The van der Waals surface area contributed by atoms with E-state index in [4.69, 9.17) is 15.0 Å². The number of sulfonamides is 1. The number of benzene rings is 1. The van der Waals surface area contributed by atoms with Gasteiger partial charge in [0, 0.05) is 18.2 Å². The van der Waals surface area contributed by atoms with Gasteiger partial charge < -0.3 is 15.0 Å². The summed E-state index contributed by atoms with van der Waals surface area (Å²) in [5, 5.41) is 3.70. The standard InChI is InChI=1S/C13H17N3O4S/c1-9-5-11(20-16-9)8-15-21(17,18)12-3-4-13(19-2)10(6-12)7-14/h3-6,15H,7-8,14H2,1-2H3. The molecule has 1 heterocycles. The van der Waals surface area contributed by atoms with Crippen molar-refractivity contribution >= 4 is 10.0 Å². The van der Waals surface area contributed by atoms with Crippen LogP contribution in [0.3, 0.4) is 0 Å². The first-order chi connectivity index (χ1) is 9.96. The van der Waals surface area contributed by atoms with Gasteiger partial charge in [-0.1, -0.05) is 5.16 Å². The number of aromatic nitrogens is 1. The lowest BCUT2D eigenvalue weighted by molar-refractivity contribution is 0.377. The minimum atomic E-state index is -3.66. The Balaban J connectivity index is 2.19. The molecule has 0 amide bonds. The molecule has 0 atom stereocenters. The molecule has 114 valence electrons. The highest BCUT2D eigenvalue weighted by atomic mass is 32.2. The molecule has 0 spiro atoms.